The third kappa shape index (κ3) is 6.04. The monoisotopic (exact) mass is 387 g/mol. The van der Waals surface area contributed by atoms with Crippen molar-refractivity contribution in [3.63, 3.8) is 0 Å². The number of hydrogen-bond acceptors (Lipinski definition) is 6. The van der Waals surface area contributed by atoms with Gasteiger partial charge in [0.2, 0.25) is 11.7 Å². The minimum Gasteiger partial charge on any atom is -0.385 e. The molecule has 7 nitrogen and oxygen atoms in total. The predicted molar refractivity (Wildman–Crippen MR) is 88.0 cm³/mol. The molecule has 148 valence electrons. The number of rotatable bonds is 9. The fourth-order valence-electron chi connectivity index (χ4n) is 2.24. The maximum absolute atomic E-state index is 12.5. The first kappa shape index (κ1) is 20.8. The average molecular weight is 387 g/mol. The number of hydroxylamine groups is 2. The molecule has 0 fully saturated rings. The van der Waals surface area contributed by atoms with Gasteiger partial charge in [0.1, 0.15) is 0 Å². The summed E-state index contributed by atoms with van der Waals surface area (Å²) in [7, 11) is 1.56. The Kier molecular flexibility index (Phi) is 7.31. The van der Waals surface area contributed by atoms with Gasteiger partial charge in [-0.2, -0.15) is 18.2 Å². The molecule has 0 bridgehead atoms. The van der Waals surface area contributed by atoms with Gasteiger partial charge in [0.05, 0.1) is 13.2 Å². The van der Waals surface area contributed by atoms with Gasteiger partial charge >= 0.3 is 12.1 Å². The lowest BCUT2D eigenvalue weighted by Crippen LogP contribution is -2.30. The minimum atomic E-state index is -4.69. The second-order valence-electron chi connectivity index (χ2n) is 5.56. The molecule has 0 atom stereocenters. The normalized spacial score (nSPS) is 11.6. The van der Waals surface area contributed by atoms with Crippen molar-refractivity contribution >= 4 is 5.91 Å². The van der Waals surface area contributed by atoms with Crippen molar-refractivity contribution in [3.8, 4) is 11.4 Å². The van der Waals surface area contributed by atoms with Crippen LogP contribution in [-0.4, -0.2) is 41.4 Å². The van der Waals surface area contributed by atoms with Gasteiger partial charge < -0.3 is 9.26 Å². The largest absolute Gasteiger partial charge is 0.471 e. The Morgan fingerprint density at radius 1 is 1.26 bits per heavy atom. The number of ether oxygens (including phenoxy) is 1. The molecule has 1 amide bonds. The van der Waals surface area contributed by atoms with Crippen LogP contribution >= 0.6 is 0 Å². The third-order valence-electron chi connectivity index (χ3n) is 3.51. The van der Waals surface area contributed by atoms with E-state index < -0.39 is 12.1 Å². The molecule has 0 aliphatic rings. The highest BCUT2D eigenvalue weighted by Crippen LogP contribution is 2.29. The molecule has 0 spiro atoms. The van der Waals surface area contributed by atoms with E-state index in [0.29, 0.717) is 25.2 Å². The molecule has 10 heteroatoms. The SMILES string of the molecule is CCON(Cc1ccc(-c2noc(C(F)(F)F)n2)cc1)C(=O)CCCOC. The summed E-state index contributed by atoms with van der Waals surface area (Å²) in [5, 5.41) is 4.60. The Morgan fingerprint density at radius 3 is 2.52 bits per heavy atom. The van der Waals surface area contributed by atoms with Crippen molar-refractivity contribution in [1.29, 1.82) is 0 Å². The zero-order chi connectivity index (χ0) is 19.9. The number of carbonyl (C=O) groups is 1. The van der Waals surface area contributed by atoms with Crippen LogP contribution in [0.2, 0.25) is 0 Å². The van der Waals surface area contributed by atoms with E-state index in [9.17, 15) is 18.0 Å². The smallest absolute Gasteiger partial charge is 0.385 e. The van der Waals surface area contributed by atoms with E-state index in [-0.39, 0.29) is 24.7 Å². The van der Waals surface area contributed by atoms with Crippen LogP contribution in [0.15, 0.2) is 28.8 Å². The van der Waals surface area contributed by atoms with Gasteiger partial charge in [-0.25, -0.2) is 5.06 Å². The van der Waals surface area contributed by atoms with Crippen molar-refractivity contribution in [2.75, 3.05) is 20.3 Å². The van der Waals surface area contributed by atoms with Gasteiger partial charge in [-0.15, -0.1) is 0 Å². The zero-order valence-electron chi connectivity index (χ0n) is 15.0. The fraction of sp³-hybridized carbons (Fsp3) is 0.471. The number of aromatic nitrogens is 2. The lowest BCUT2D eigenvalue weighted by molar-refractivity contribution is -0.188. The van der Waals surface area contributed by atoms with E-state index in [1.807, 2.05) is 0 Å². The highest BCUT2D eigenvalue weighted by Gasteiger charge is 2.38. The number of halogens is 3. The zero-order valence-corrected chi connectivity index (χ0v) is 15.0. The number of methoxy groups -OCH3 is 1. The van der Waals surface area contributed by atoms with Crippen molar-refractivity contribution < 1.29 is 32.1 Å². The molecule has 0 unspecified atom stereocenters. The Balaban J connectivity index is 2.04. The van der Waals surface area contributed by atoms with E-state index in [4.69, 9.17) is 9.57 Å². The number of benzene rings is 1. The van der Waals surface area contributed by atoms with Crippen LogP contribution in [0.5, 0.6) is 0 Å². The lowest BCUT2D eigenvalue weighted by atomic mass is 10.1. The topological polar surface area (TPSA) is 77.7 Å². The van der Waals surface area contributed by atoms with E-state index in [0.717, 1.165) is 5.56 Å². The van der Waals surface area contributed by atoms with Crippen molar-refractivity contribution in [2.45, 2.75) is 32.5 Å². The molecule has 0 aliphatic heterocycles. The first-order chi connectivity index (χ1) is 12.8. The van der Waals surface area contributed by atoms with E-state index in [2.05, 4.69) is 14.7 Å². The highest BCUT2D eigenvalue weighted by molar-refractivity contribution is 5.75. The van der Waals surface area contributed by atoms with Crippen LogP contribution in [0.1, 0.15) is 31.2 Å². The van der Waals surface area contributed by atoms with E-state index >= 15 is 0 Å². The summed E-state index contributed by atoms with van der Waals surface area (Å²) in [6, 6.07) is 6.43. The Labute approximate surface area is 154 Å². The summed E-state index contributed by atoms with van der Waals surface area (Å²) in [5.41, 5.74) is 1.11. The van der Waals surface area contributed by atoms with Crippen LogP contribution < -0.4 is 0 Å². The third-order valence-corrected chi connectivity index (χ3v) is 3.51. The van der Waals surface area contributed by atoms with Crippen LogP contribution in [0.3, 0.4) is 0 Å². The predicted octanol–water partition coefficient (Wildman–Crippen LogP) is 3.46. The second kappa shape index (κ2) is 9.47. The van der Waals surface area contributed by atoms with Crippen LogP contribution in [-0.2, 0) is 27.1 Å². The van der Waals surface area contributed by atoms with Crippen LogP contribution in [0.25, 0.3) is 11.4 Å². The van der Waals surface area contributed by atoms with Gasteiger partial charge in [0.25, 0.3) is 0 Å². The van der Waals surface area contributed by atoms with Crippen molar-refractivity contribution in [1.82, 2.24) is 15.2 Å². The van der Waals surface area contributed by atoms with Gasteiger partial charge in [0.15, 0.2) is 0 Å². The first-order valence-electron chi connectivity index (χ1n) is 8.27. The number of hydrogen-bond donors (Lipinski definition) is 0. The lowest BCUT2D eigenvalue weighted by Gasteiger charge is -2.21. The highest BCUT2D eigenvalue weighted by atomic mass is 19.4. The van der Waals surface area contributed by atoms with Gasteiger partial charge in [-0.05, 0) is 18.9 Å². The van der Waals surface area contributed by atoms with Crippen LogP contribution in [0.4, 0.5) is 13.2 Å². The molecule has 0 aliphatic carbocycles. The number of alkyl halides is 3. The summed E-state index contributed by atoms with van der Waals surface area (Å²) >= 11 is 0. The molecular formula is C17H20F3N3O4. The van der Waals surface area contributed by atoms with Gasteiger partial charge in [-0.3, -0.25) is 9.63 Å². The molecule has 2 rings (SSSR count). The molecule has 2 aromatic rings. The molecule has 0 N–H and O–H groups in total. The number of nitrogens with zero attached hydrogens (tertiary/aromatic N) is 3. The van der Waals surface area contributed by atoms with Crippen molar-refractivity contribution in [2.24, 2.45) is 0 Å². The molecule has 0 radical (unpaired) electrons. The average Bonchev–Trinajstić information content (AvgIpc) is 3.12. The molecule has 0 saturated heterocycles. The summed E-state index contributed by atoms with van der Waals surface area (Å²) in [6.45, 7) is 2.79. The summed E-state index contributed by atoms with van der Waals surface area (Å²) in [6.07, 6.45) is -3.82. The Hall–Kier alpha value is -2.46. The minimum absolute atomic E-state index is 0.161. The van der Waals surface area contributed by atoms with Gasteiger partial charge in [-0.1, -0.05) is 29.4 Å². The summed E-state index contributed by atoms with van der Waals surface area (Å²) in [4.78, 5) is 20.9. The number of carbonyl (C=O) groups excluding carboxylic acids is 1. The molecule has 0 saturated carbocycles. The first-order valence-corrected chi connectivity index (χ1v) is 8.27. The molecule has 1 aromatic carbocycles. The fourth-order valence-corrected chi connectivity index (χ4v) is 2.24. The molecule has 1 heterocycles. The Morgan fingerprint density at radius 2 is 1.96 bits per heavy atom. The molecule has 27 heavy (non-hydrogen) atoms. The summed E-state index contributed by atoms with van der Waals surface area (Å²) < 4.78 is 46.7. The van der Waals surface area contributed by atoms with Crippen LogP contribution in [0, 0.1) is 0 Å². The van der Waals surface area contributed by atoms with Gasteiger partial charge in [0, 0.05) is 25.7 Å². The standard InChI is InChI=1S/C17H20F3N3O4/c1-3-26-23(14(24)5-4-10-25-2)11-12-6-8-13(9-7-12)15-21-16(27-22-15)17(18,19)20/h6-9H,3-5,10-11H2,1-2H3. The van der Waals surface area contributed by atoms with Crippen molar-refractivity contribution in [3.05, 3.63) is 35.7 Å². The quantitative estimate of drug-likeness (QED) is 0.484. The molecular weight excluding hydrogens is 367 g/mol. The Bertz CT molecular complexity index is 732. The number of amides is 1. The van der Waals surface area contributed by atoms with E-state index in [1.54, 1.807) is 38.3 Å². The maximum Gasteiger partial charge on any atom is 0.471 e. The summed E-state index contributed by atoms with van der Waals surface area (Å²) in [5.74, 6) is -1.73. The van der Waals surface area contributed by atoms with E-state index in [1.165, 1.54) is 5.06 Å². The maximum atomic E-state index is 12.5. The molecule has 1 aromatic heterocycles. The second-order valence-corrected chi connectivity index (χ2v) is 5.56.